The number of ether oxygens (including phenoxy) is 1. The number of benzene rings is 1. The third kappa shape index (κ3) is 6.37. The molecule has 1 aromatic rings. The van der Waals surface area contributed by atoms with Gasteiger partial charge in [0.2, 0.25) is 0 Å². The fourth-order valence-corrected chi connectivity index (χ4v) is 2.02. The molecule has 104 valence electrons. The van der Waals surface area contributed by atoms with E-state index in [1.165, 1.54) is 11.1 Å². The van der Waals surface area contributed by atoms with E-state index in [1.54, 1.807) is 7.11 Å². The van der Waals surface area contributed by atoms with Crippen molar-refractivity contribution in [2.24, 2.45) is 5.41 Å². The van der Waals surface area contributed by atoms with Crippen molar-refractivity contribution in [3.05, 3.63) is 35.4 Å². The summed E-state index contributed by atoms with van der Waals surface area (Å²) in [6.07, 6.45) is 1.55. The molecule has 0 fully saturated rings. The van der Waals surface area contributed by atoms with E-state index in [2.05, 4.69) is 49.5 Å². The summed E-state index contributed by atoms with van der Waals surface area (Å²) in [6.45, 7) is 6.82. The van der Waals surface area contributed by atoms with Crippen molar-refractivity contribution in [3.63, 3.8) is 0 Å². The van der Waals surface area contributed by atoms with Crippen LogP contribution in [0.2, 0.25) is 0 Å². The van der Waals surface area contributed by atoms with E-state index in [4.69, 9.17) is 10.00 Å². The maximum absolute atomic E-state index is 8.63. The van der Waals surface area contributed by atoms with E-state index in [1.807, 2.05) is 0 Å². The van der Waals surface area contributed by atoms with Crippen molar-refractivity contribution in [2.75, 3.05) is 13.7 Å². The van der Waals surface area contributed by atoms with Gasteiger partial charge in [-0.15, -0.1) is 0 Å². The molecule has 3 heteroatoms. The van der Waals surface area contributed by atoms with Gasteiger partial charge in [-0.05, 0) is 23.0 Å². The first kappa shape index (κ1) is 15.7. The lowest BCUT2D eigenvalue weighted by molar-refractivity contribution is 0.185. The normalized spacial score (nSPS) is 11.3. The second kappa shape index (κ2) is 7.93. The van der Waals surface area contributed by atoms with Gasteiger partial charge in [0, 0.05) is 26.6 Å². The van der Waals surface area contributed by atoms with Crippen LogP contribution in [0.25, 0.3) is 0 Å². The van der Waals surface area contributed by atoms with Crippen LogP contribution in [0, 0.1) is 16.7 Å². The first-order chi connectivity index (χ1) is 9.07. The van der Waals surface area contributed by atoms with E-state index in [9.17, 15) is 0 Å². The Morgan fingerprint density at radius 3 is 2.74 bits per heavy atom. The molecule has 0 spiro atoms. The Morgan fingerprint density at radius 2 is 2.05 bits per heavy atom. The van der Waals surface area contributed by atoms with Gasteiger partial charge in [-0.25, -0.2) is 0 Å². The Labute approximate surface area is 116 Å². The van der Waals surface area contributed by atoms with Crippen LogP contribution in [-0.2, 0) is 17.9 Å². The van der Waals surface area contributed by atoms with Crippen LogP contribution in [0.5, 0.6) is 0 Å². The molecule has 0 saturated carbocycles. The third-order valence-corrected chi connectivity index (χ3v) is 3.15. The van der Waals surface area contributed by atoms with E-state index < -0.39 is 0 Å². The zero-order chi connectivity index (χ0) is 14.1. The fraction of sp³-hybridized carbons (Fsp3) is 0.562. The average molecular weight is 260 g/mol. The molecular formula is C16H24N2O. The van der Waals surface area contributed by atoms with Gasteiger partial charge >= 0.3 is 0 Å². The number of hydrogen-bond donors (Lipinski definition) is 1. The van der Waals surface area contributed by atoms with E-state index in [-0.39, 0.29) is 5.41 Å². The number of nitriles is 1. The molecule has 3 nitrogen and oxygen atoms in total. The largest absolute Gasteiger partial charge is 0.380 e. The lowest BCUT2D eigenvalue weighted by atomic mass is 9.88. The van der Waals surface area contributed by atoms with Gasteiger partial charge in [0.15, 0.2) is 0 Å². The summed E-state index contributed by atoms with van der Waals surface area (Å²) in [4.78, 5) is 0. The van der Waals surface area contributed by atoms with Crippen LogP contribution in [0.15, 0.2) is 24.3 Å². The van der Waals surface area contributed by atoms with Crippen LogP contribution in [0.3, 0.4) is 0 Å². The van der Waals surface area contributed by atoms with Gasteiger partial charge in [0.25, 0.3) is 0 Å². The maximum atomic E-state index is 8.63. The number of methoxy groups -OCH3 is 1. The highest BCUT2D eigenvalue weighted by Crippen LogP contribution is 2.20. The van der Waals surface area contributed by atoms with Crippen molar-refractivity contribution < 1.29 is 4.74 Å². The number of nitrogens with one attached hydrogen (secondary N) is 1. The monoisotopic (exact) mass is 260 g/mol. The molecule has 0 aliphatic carbocycles. The summed E-state index contributed by atoms with van der Waals surface area (Å²) >= 11 is 0. The van der Waals surface area contributed by atoms with Crippen molar-refractivity contribution in [2.45, 2.75) is 39.8 Å². The summed E-state index contributed by atoms with van der Waals surface area (Å²) in [5.74, 6) is 0. The lowest BCUT2D eigenvalue weighted by Gasteiger charge is -2.23. The van der Waals surface area contributed by atoms with E-state index in [0.29, 0.717) is 13.0 Å². The Balaban J connectivity index is 2.40. The molecule has 0 heterocycles. The molecule has 1 rings (SSSR count). The Kier molecular flexibility index (Phi) is 6.55. The lowest BCUT2D eigenvalue weighted by Crippen LogP contribution is -2.29. The molecule has 1 aromatic carbocycles. The van der Waals surface area contributed by atoms with Gasteiger partial charge in [-0.3, -0.25) is 0 Å². The van der Waals surface area contributed by atoms with Crippen molar-refractivity contribution in [1.29, 1.82) is 5.26 Å². The minimum Gasteiger partial charge on any atom is -0.380 e. The number of rotatable bonds is 8. The van der Waals surface area contributed by atoms with Crippen LogP contribution in [0.4, 0.5) is 0 Å². The van der Waals surface area contributed by atoms with Gasteiger partial charge in [-0.2, -0.15) is 5.26 Å². The quantitative estimate of drug-likeness (QED) is 0.780. The van der Waals surface area contributed by atoms with Crippen LogP contribution >= 0.6 is 0 Å². The fourth-order valence-electron chi connectivity index (χ4n) is 2.02. The molecule has 0 unspecified atom stereocenters. The second-order valence-corrected chi connectivity index (χ2v) is 5.68. The molecular weight excluding hydrogens is 236 g/mol. The van der Waals surface area contributed by atoms with Gasteiger partial charge < -0.3 is 10.1 Å². The van der Waals surface area contributed by atoms with Crippen LogP contribution in [-0.4, -0.2) is 13.7 Å². The molecule has 0 radical (unpaired) electrons. The Morgan fingerprint density at radius 1 is 1.32 bits per heavy atom. The summed E-state index contributed by atoms with van der Waals surface area (Å²) in [5, 5.41) is 12.1. The Bertz CT molecular complexity index is 421. The molecule has 0 bridgehead atoms. The van der Waals surface area contributed by atoms with Crippen molar-refractivity contribution in [3.8, 4) is 6.07 Å². The molecule has 19 heavy (non-hydrogen) atoms. The summed E-state index contributed by atoms with van der Waals surface area (Å²) in [5.41, 5.74) is 2.64. The van der Waals surface area contributed by atoms with Crippen LogP contribution in [0.1, 0.15) is 37.8 Å². The first-order valence-electron chi connectivity index (χ1n) is 6.72. The summed E-state index contributed by atoms with van der Waals surface area (Å²) in [6, 6.07) is 10.6. The molecule has 0 saturated heterocycles. The third-order valence-electron chi connectivity index (χ3n) is 3.15. The zero-order valence-corrected chi connectivity index (χ0v) is 12.2. The minimum atomic E-state index is 0.167. The predicted octanol–water partition coefficient (Wildman–Crippen LogP) is 3.25. The highest BCUT2D eigenvalue weighted by Gasteiger charge is 2.16. The summed E-state index contributed by atoms with van der Waals surface area (Å²) < 4.78 is 5.13. The Hall–Kier alpha value is -1.37. The topological polar surface area (TPSA) is 45.0 Å². The maximum Gasteiger partial charge on any atom is 0.0713 e. The minimum absolute atomic E-state index is 0.167. The van der Waals surface area contributed by atoms with Gasteiger partial charge in [0.1, 0.15) is 0 Å². The molecule has 0 aliphatic heterocycles. The predicted molar refractivity (Wildman–Crippen MR) is 77.5 cm³/mol. The second-order valence-electron chi connectivity index (χ2n) is 5.68. The van der Waals surface area contributed by atoms with Gasteiger partial charge in [0.05, 0.1) is 12.7 Å². The zero-order valence-electron chi connectivity index (χ0n) is 12.2. The summed E-state index contributed by atoms with van der Waals surface area (Å²) in [7, 11) is 1.71. The number of nitrogens with zero attached hydrogens (tertiary/aromatic N) is 1. The highest BCUT2D eigenvalue weighted by molar-refractivity contribution is 5.22. The van der Waals surface area contributed by atoms with Crippen molar-refractivity contribution in [1.82, 2.24) is 5.32 Å². The van der Waals surface area contributed by atoms with E-state index >= 15 is 0 Å². The smallest absolute Gasteiger partial charge is 0.0713 e. The molecule has 0 aliphatic rings. The average Bonchev–Trinajstić information content (AvgIpc) is 2.37. The van der Waals surface area contributed by atoms with Crippen molar-refractivity contribution >= 4 is 0 Å². The SMILES string of the molecule is COCc1cccc(CNCC(C)(C)CCC#N)c1. The molecule has 1 N–H and O–H groups in total. The number of hydrogen-bond acceptors (Lipinski definition) is 3. The molecule has 0 atom stereocenters. The highest BCUT2D eigenvalue weighted by atomic mass is 16.5. The molecule has 0 aromatic heterocycles. The van der Waals surface area contributed by atoms with Gasteiger partial charge in [-0.1, -0.05) is 38.1 Å². The van der Waals surface area contributed by atoms with Crippen LogP contribution < -0.4 is 5.32 Å². The standard InChI is InChI=1S/C16H24N2O/c1-16(2,8-5-9-17)13-18-11-14-6-4-7-15(10-14)12-19-3/h4,6-7,10,18H,5,8,11-13H2,1-3H3. The van der Waals surface area contributed by atoms with E-state index in [0.717, 1.165) is 19.5 Å². The molecule has 0 amide bonds. The first-order valence-corrected chi connectivity index (χ1v) is 6.72.